The van der Waals surface area contributed by atoms with Crippen LogP contribution in [0.25, 0.3) is 0 Å². The average molecular weight is 182 g/mol. The van der Waals surface area contributed by atoms with Crippen molar-refractivity contribution in [3.63, 3.8) is 0 Å². The molecule has 0 bridgehead atoms. The Balaban J connectivity index is 1.83. The molecular formula is C11H22N2. The van der Waals surface area contributed by atoms with Crippen LogP contribution in [0.5, 0.6) is 0 Å². The fourth-order valence-electron chi connectivity index (χ4n) is 2.79. The van der Waals surface area contributed by atoms with E-state index in [9.17, 15) is 0 Å². The van der Waals surface area contributed by atoms with E-state index in [1.165, 1.54) is 45.2 Å². The van der Waals surface area contributed by atoms with Crippen LogP contribution in [0.1, 0.15) is 32.1 Å². The van der Waals surface area contributed by atoms with Crippen LogP contribution in [0, 0.1) is 0 Å². The Morgan fingerprint density at radius 2 is 1.77 bits per heavy atom. The highest BCUT2D eigenvalue weighted by Gasteiger charge is 2.30. The summed E-state index contributed by atoms with van der Waals surface area (Å²) in [5.74, 6) is 0. The monoisotopic (exact) mass is 182 g/mol. The molecule has 0 aromatic carbocycles. The summed E-state index contributed by atoms with van der Waals surface area (Å²) in [6.07, 6.45) is 7.23. The van der Waals surface area contributed by atoms with Gasteiger partial charge >= 0.3 is 0 Å². The quantitative estimate of drug-likeness (QED) is 0.639. The van der Waals surface area contributed by atoms with Crippen molar-refractivity contribution in [3.8, 4) is 0 Å². The van der Waals surface area contributed by atoms with Gasteiger partial charge in [0.05, 0.1) is 0 Å². The molecule has 0 aromatic rings. The van der Waals surface area contributed by atoms with Gasteiger partial charge in [-0.05, 0) is 33.4 Å². The molecular weight excluding hydrogens is 160 g/mol. The van der Waals surface area contributed by atoms with Gasteiger partial charge in [0, 0.05) is 25.2 Å². The highest BCUT2D eigenvalue weighted by atomic mass is 15.2. The van der Waals surface area contributed by atoms with Crippen molar-refractivity contribution in [2.45, 2.75) is 44.2 Å². The number of hydrogen-bond acceptors (Lipinski definition) is 2. The largest absolute Gasteiger partial charge is 0.305 e. The molecule has 1 heterocycles. The lowest BCUT2D eigenvalue weighted by atomic mass is 10.2. The molecule has 0 amide bonds. The maximum atomic E-state index is 2.72. The van der Waals surface area contributed by atoms with Gasteiger partial charge in [0.2, 0.25) is 0 Å². The molecule has 0 N–H and O–H groups in total. The van der Waals surface area contributed by atoms with Crippen LogP contribution in [-0.4, -0.2) is 49.1 Å². The lowest BCUT2D eigenvalue weighted by Crippen LogP contribution is -2.35. The third kappa shape index (κ3) is 2.05. The van der Waals surface area contributed by atoms with E-state index < -0.39 is 0 Å². The van der Waals surface area contributed by atoms with Crippen LogP contribution in [0.3, 0.4) is 0 Å². The average Bonchev–Trinajstić information content (AvgIpc) is 2.75. The van der Waals surface area contributed by atoms with Crippen LogP contribution in [0.4, 0.5) is 0 Å². The Kier molecular flexibility index (Phi) is 2.89. The maximum Gasteiger partial charge on any atom is 0.0229 e. The number of likely N-dealkylation sites (N-methyl/N-ethyl adjacent to an activating group) is 1. The summed E-state index contributed by atoms with van der Waals surface area (Å²) in [5, 5.41) is 0. The molecule has 1 aliphatic heterocycles. The number of hydrogen-bond donors (Lipinski definition) is 0. The second kappa shape index (κ2) is 3.97. The van der Waals surface area contributed by atoms with Crippen LogP contribution in [0.15, 0.2) is 0 Å². The van der Waals surface area contributed by atoms with Crippen molar-refractivity contribution in [1.29, 1.82) is 0 Å². The van der Waals surface area contributed by atoms with Crippen LogP contribution >= 0.6 is 0 Å². The van der Waals surface area contributed by atoms with E-state index in [0.717, 1.165) is 12.1 Å². The summed E-state index contributed by atoms with van der Waals surface area (Å²) in [4.78, 5) is 5.10. The van der Waals surface area contributed by atoms with E-state index in [1.807, 2.05) is 0 Å². The number of rotatable bonds is 2. The van der Waals surface area contributed by atoms with Gasteiger partial charge in [-0.15, -0.1) is 0 Å². The summed E-state index contributed by atoms with van der Waals surface area (Å²) in [6.45, 7) is 2.66. The van der Waals surface area contributed by atoms with E-state index >= 15 is 0 Å². The van der Waals surface area contributed by atoms with E-state index in [0.29, 0.717) is 0 Å². The van der Waals surface area contributed by atoms with Crippen molar-refractivity contribution in [2.24, 2.45) is 0 Å². The Labute approximate surface area is 81.9 Å². The van der Waals surface area contributed by atoms with Gasteiger partial charge < -0.3 is 4.90 Å². The first-order valence-electron chi connectivity index (χ1n) is 5.68. The van der Waals surface area contributed by atoms with Crippen molar-refractivity contribution >= 4 is 0 Å². The topological polar surface area (TPSA) is 6.48 Å². The fraction of sp³-hybridized carbons (Fsp3) is 1.00. The molecule has 1 unspecified atom stereocenters. The fourth-order valence-corrected chi connectivity index (χ4v) is 2.79. The first-order valence-corrected chi connectivity index (χ1v) is 5.68. The van der Waals surface area contributed by atoms with E-state index in [-0.39, 0.29) is 0 Å². The molecule has 13 heavy (non-hydrogen) atoms. The molecule has 1 atom stereocenters. The summed E-state index contributed by atoms with van der Waals surface area (Å²) >= 11 is 0. The second-order valence-corrected chi connectivity index (χ2v) is 4.84. The lowest BCUT2D eigenvalue weighted by molar-refractivity contribution is 0.217. The van der Waals surface area contributed by atoms with Crippen molar-refractivity contribution in [1.82, 2.24) is 9.80 Å². The zero-order valence-electron chi connectivity index (χ0n) is 9.00. The Bertz CT molecular complexity index is 161. The Morgan fingerprint density at radius 1 is 1.08 bits per heavy atom. The molecule has 0 aromatic heterocycles. The van der Waals surface area contributed by atoms with Crippen LogP contribution in [-0.2, 0) is 0 Å². The smallest absolute Gasteiger partial charge is 0.0229 e. The minimum absolute atomic E-state index is 0.820. The molecule has 2 aliphatic rings. The van der Waals surface area contributed by atoms with Crippen LogP contribution < -0.4 is 0 Å². The first-order chi connectivity index (χ1) is 6.27. The van der Waals surface area contributed by atoms with Crippen molar-refractivity contribution < 1.29 is 0 Å². The first kappa shape index (κ1) is 9.47. The minimum atomic E-state index is 0.820. The molecule has 2 rings (SSSR count). The summed E-state index contributed by atoms with van der Waals surface area (Å²) in [6, 6.07) is 1.76. The van der Waals surface area contributed by atoms with Crippen LogP contribution in [0.2, 0.25) is 0 Å². The predicted molar refractivity (Wildman–Crippen MR) is 55.9 cm³/mol. The highest BCUT2D eigenvalue weighted by molar-refractivity contribution is 4.87. The zero-order chi connectivity index (χ0) is 9.26. The van der Waals surface area contributed by atoms with Crippen molar-refractivity contribution in [2.75, 3.05) is 27.2 Å². The van der Waals surface area contributed by atoms with Gasteiger partial charge in [-0.1, -0.05) is 12.8 Å². The summed E-state index contributed by atoms with van der Waals surface area (Å²) in [5.41, 5.74) is 0. The predicted octanol–water partition coefficient (Wildman–Crippen LogP) is 1.56. The van der Waals surface area contributed by atoms with Gasteiger partial charge in [0.15, 0.2) is 0 Å². The summed E-state index contributed by atoms with van der Waals surface area (Å²) < 4.78 is 0. The van der Waals surface area contributed by atoms with Gasteiger partial charge in [-0.3, -0.25) is 4.90 Å². The Morgan fingerprint density at radius 3 is 2.31 bits per heavy atom. The molecule has 0 spiro atoms. The van der Waals surface area contributed by atoms with Gasteiger partial charge in [0.25, 0.3) is 0 Å². The standard InChI is InChI=1S/C11H22N2/c1-12(2)11-7-8-13(9-11)10-5-3-4-6-10/h10-11H,3-9H2,1-2H3. The molecule has 76 valence electrons. The molecule has 1 saturated carbocycles. The SMILES string of the molecule is CN(C)C1CCN(C2CCCC2)C1. The maximum absolute atomic E-state index is 2.72. The molecule has 2 heteroatoms. The summed E-state index contributed by atoms with van der Waals surface area (Å²) in [7, 11) is 4.42. The minimum Gasteiger partial charge on any atom is -0.305 e. The van der Waals surface area contributed by atoms with Gasteiger partial charge in [0.1, 0.15) is 0 Å². The molecule has 1 aliphatic carbocycles. The van der Waals surface area contributed by atoms with E-state index in [4.69, 9.17) is 0 Å². The molecule has 2 nitrogen and oxygen atoms in total. The van der Waals surface area contributed by atoms with Gasteiger partial charge in [-0.2, -0.15) is 0 Å². The normalized spacial score (nSPS) is 32.1. The zero-order valence-corrected chi connectivity index (χ0v) is 9.00. The van der Waals surface area contributed by atoms with Crippen molar-refractivity contribution in [3.05, 3.63) is 0 Å². The second-order valence-electron chi connectivity index (χ2n) is 4.84. The molecule has 0 radical (unpaired) electrons. The van der Waals surface area contributed by atoms with Gasteiger partial charge in [-0.25, -0.2) is 0 Å². The number of likely N-dealkylation sites (tertiary alicyclic amines) is 1. The molecule has 2 fully saturated rings. The Hall–Kier alpha value is -0.0800. The third-order valence-corrected chi connectivity index (χ3v) is 3.77. The van der Waals surface area contributed by atoms with E-state index in [1.54, 1.807) is 0 Å². The third-order valence-electron chi connectivity index (χ3n) is 3.77. The molecule has 1 saturated heterocycles. The highest BCUT2D eigenvalue weighted by Crippen LogP contribution is 2.27. The lowest BCUT2D eigenvalue weighted by Gasteiger charge is -2.25. The van der Waals surface area contributed by atoms with E-state index in [2.05, 4.69) is 23.9 Å². The number of nitrogens with zero attached hydrogens (tertiary/aromatic N) is 2.